The Kier molecular flexibility index (Phi) is 8.23. The van der Waals surface area contributed by atoms with E-state index in [1.165, 1.54) is 15.5 Å². The molecule has 192 valence electrons. The SMILES string of the molecule is CCS(=O)(=O)N(CC(=O)N(Cc1ccccc1)Cc1coc2ccc(C)cc2c1=O)CC1CCCO1. The highest BCUT2D eigenvalue weighted by molar-refractivity contribution is 7.89. The summed E-state index contributed by atoms with van der Waals surface area (Å²) in [5, 5.41) is 0.452. The fraction of sp³-hybridized carbons (Fsp3) is 0.407. The maximum Gasteiger partial charge on any atom is 0.238 e. The molecular formula is C27H32N2O6S. The van der Waals surface area contributed by atoms with Gasteiger partial charge in [0, 0.05) is 19.7 Å². The number of sulfonamides is 1. The van der Waals surface area contributed by atoms with E-state index in [4.69, 9.17) is 9.15 Å². The number of carbonyl (C=O) groups is 1. The van der Waals surface area contributed by atoms with E-state index < -0.39 is 15.9 Å². The molecule has 1 atom stereocenters. The highest BCUT2D eigenvalue weighted by atomic mass is 32.2. The second kappa shape index (κ2) is 11.4. The predicted octanol–water partition coefficient (Wildman–Crippen LogP) is 3.46. The average Bonchev–Trinajstić information content (AvgIpc) is 3.39. The van der Waals surface area contributed by atoms with Gasteiger partial charge in [0.1, 0.15) is 5.58 Å². The van der Waals surface area contributed by atoms with Gasteiger partial charge in [-0.15, -0.1) is 0 Å². The molecule has 1 aliphatic rings. The number of amides is 1. The second-order valence-corrected chi connectivity index (χ2v) is 11.4. The van der Waals surface area contributed by atoms with Crippen molar-refractivity contribution in [3.8, 4) is 0 Å². The van der Waals surface area contributed by atoms with Crippen LogP contribution in [0.3, 0.4) is 0 Å². The lowest BCUT2D eigenvalue weighted by Crippen LogP contribution is -2.46. The molecule has 3 aromatic rings. The molecule has 0 bridgehead atoms. The molecule has 8 nitrogen and oxygen atoms in total. The lowest BCUT2D eigenvalue weighted by Gasteiger charge is -2.28. The maximum atomic E-state index is 13.6. The number of rotatable bonds is 10. The van der Waals surface area contributed by atoms with Gasteiger partial charge in [0.25, 0.3) is 0 Å². The number of benzene rings is 2. The molecule has 1 fully saturated rings. The van der Waals surface area contributed by atoms with E-state index in [2.05, 4.69) is 0 Å². The normalized spacial score (nSPS) is 16.0. The molecular weight excluding hydrogens is 480 g/mol. The summed E-state index contributed by atoms with van der Waals surface area (Å²) in [5.41, 5.74) is 2.41. The van der Waals surface area contributed by atoms with Crippen molar-refractivity contribution in [2.24, 2.45) is 0 Å². The van der Waals surface area contributed by atoms with Crippen molar-refractivity contribution in [1.82, 2.24) is 9.21 Å². The van der Waals surface area contributed by atoms with E-state index in [9.17, 15) is 18.0 Å². The molecule has 0 aliphatic carbocycles. The third-order valence-corrected chi connectivity index (χ3v) is 8.23. The number of ether oxygens (including phenoxy) is 1. The summed E-state index contributed by atoms with van der Waals surface area (Å²) >= 11 is 0. The fourth-order valence-corrected chi connectivity index (χ4v) is 5.43. The summed E-state index contributed by atoms with van der Waals surface area (Å²) in [7, 11) is -3.64. The van der Waals surface area contributed by atoms with Crippen LogP contribution in [0.1, 0.15) is 36.5 Å². The van der Waals surface area contributed by atoms with Crippen LogP contribution < -0.4 is 5.43 Å². The van der Waals surface area contributed by atoms with Gasteiger partial charge in [0.05, 0.1) is 42.2 Å². The van der Waals surface area contributed by atoms with Crippen LogP contribution in [-0.4, -0.2) is 55.1 Å². The van der Waals surface area contributed by atoms with Gasteiger partial charge in [-0.1, -0.05) is 42.0 Å². The van der Waals surface area contributed by atoms with Crippen molar-refractivity contribution in [1.29, 1.82) is 0 Å². The van der Waals surface area contributed by atoms with Gasteiger partial charge < -0.3 is 14.1 Å². The fourth-order valence-electron chi connectivity index (χ4n) is 4.36. The standard InChI is InChI=1S/C27H32N2O6S/c1-3-36(32,33)29(17-23-10-7-13-34-23)18-26(30)28(15-21-8-5-4-6-9-21)16-22-19-35-25-12-11-20(2)14-24(25)27(22)31/h4-6,8-9,11-12,14,19,23H,3,7,10,13,15-18H2,1-2H3. The molecule has 4 rings (SSSR count). The maximum absolute atomic E-state index is 13.6. The molecule has 1 aromatic heterocycles. The smallest absolute Gasteiger partial charge is 0.238 e. The summed E-state index contributed by atoms with van der Waals surface area (Å²) in [5.74, 6) is -0.503. The molecule has 0 radical (unpaired) electrons. The van der Waals surface area contributed by atoms with Gasteiger partial charge >= 0.3 is 0 Å². The van der Waals surface area contributed by atoms with Crippen molar-refractivity contribution < 1.29 is 22.4 Å². The molecule has 1 unspecified atom stereocenters. The molecule has 0 saturated carbocycles. The van der Waals surface area contributed by atoms with E-state index in [1.807, 2.05) is 43.3 Å². The molecule has 2 heterocycles. The minimum Gasteiger partial charge on any atom is -0.464 e. The summed E-state index contributed by atoms with van der Waals surface area (Å²) in [6, 6.07) is 14.8. The van der Waals surface area contributed by atoms with Crippen molar-refractivity contribution in [3.63, 3.8) is 0 Å². The van der Waals surface area contributed by atoms with Gasteiger partial charge in [-0.25, -0.2) is 8.42 Å². The zero-order valence-corrected chi connectivity index (χ0v) is 21.5. The Balaban J connectivity index is 1.63. The van der Waals surface area contributed by atoms with Crippen molar-refractivity contribution in [2.45, 2.75) is 45.9 Å². The highest BCUT2D eigenvalue weighted by Gasteiger charge is 2.30. The van der Waals surface area contributed by atoms with E-state index in [1.54, 1.807) is 19.1 Å². The summed E-state index contributed by atoms with van der Waals surface area (Å²) in [6.07, 6.45) is 2.79. The van der Waals surface area contributed by atoms with Crippen LogP contribution in [0.4, 0.5) is 0 Å². The predicted molar refractivity (Wildman–Crippen MR) is 138 cm³/mol. The van der Waals surface area contributed by atoms with Gasteiger partial charge in [0.15, 0.2) is 5.43 Å². The number of carbonyl (C=O) groups excluding carboxylic acids is 1. The van der Waals surface area contributed by atoms with E-state index in [-0.39, 0.29) is 43.5 Å². The lowest BCUT2D eigenvalue weighted by molar-refractivity contribution is -0.132. The zero-order chi connectivity index (χ0) is 25.7. The average molecular weight is 513 g/mol. The third kappa shape index (κ3) is 6.21. The molecule has 1 saturated heterocycles. The van der Waals surface area contributed by atoms with Crippen molar-refractivity contribution >= 4 is 26.9 Å². The first-order chi connectivity index (χ1) is 17.3. The monoisotopic (exact) mass is 512 g/mol. The van der Waals surface area contributed by atoms with E-state index in [0.717, 1.165) is 24.0 Å². The topological polar surface area (TPSA) is 97.1 Å². The minimum atomic E-state index is -3.64. The van der Waals surface area contributed by atoms with Crippen LogP contribution in [0.25, 0.3) is 11.0 Å². The second-order valence-electron chi connectivity index (χ2n) is 9.15. The largest absolute Gasteiger partial charge is 0.464 e. The number of hydrogen-bond donors (Lipinski definition) is 0. The molecule has 1 aliphatic heterocycles. The van der Waals surface area contributed by atoms with Gasteiger partial charge in [-0.2, -0.15) is 4.31 Å². The van der Waals surface area contributed by atoms with Gasteiger partial charge in [0.2, 0.25) is 15.9 Å². The van der Waals surface area contributed by atoms with Crippen LogP contribution in [0.5, 0.6) is 0 Å². The molecule has 1 amide bonds. The van der Waals surface area contributed by atoms with Crippen LogP contribution in [0.2, 0.25) is 0 Å². The quantitative estimate of drug-likeness (QED) is 0.413. The molecule has 2 aromatic carbocycles. The Morgan fingerprint density at radius 3 is 2.58 bits per heavy atom. The van der Waals surface area contributed by atoms with Crippen LogP contribution >= 0.6 is 0 Å². The lowest BCUT2D eigenvalue weighted by atomic mass is 10.1. The van der Waals surface area contributed by atoms with E-state index >= 15 is 0 Å². The molecule has 9 heteroatoms. The summed E-state index contributed by atoms with van der Waals surface area (Å²) in [6.45, 7) is 4.10. The summed E-state index contributed by atoms with van der Waals surface area (Å²) in [4.78, 5) is 28.3. The van der Waals surface area contributed by atoms with Gasteiger partial charge in [-0.3, -0.25) is 9.59 Å². The zero-order valence-electron chi connectivity index (χ0n) is 20.7. The number of aryl methyl sites for hydroxylation is 1. The first kappa shape index (κ1) is 26.1. The van der Waals surface area contributed by atoms with Crippen molar-refractivity contribution in [2.75, 3.05) is 25.4 Å². The highest BCUT2D eigenvalue weighted by Crippen LogP contribution is 2.18. The number of hydrogen-bond acceptors (Lipinski definition) is 6. The van der Waals surface area contributed by atoms with Crippen molar-refractivity contribution in [3.05, 3.63) is 81.7 Å². The first-order valence-corrected chi connectivity index (χ1v) is 13.8. The molecule has 0 spiro atoms. The van der Waals surface area contributed by atoms with Gasteiger partial charge in [-0.05, 0) is 44.4 Å². The Morgan fingerprint density at radius 2 is 1.89 bits per heavy atom. The number of fused-ring (bicyclic) bond motifs is 1. The molecule has 0 N–H and O–H groups in total. The van der Waals surface area contributed by atoms with E-state index in [0.29, 0.717) is 23.1 Å². The summed E-state index contributed by atoms with van der Waals surface area (Å²) < 4.78 is 38.2. The third-order valence-electron chi connectivity index (χ3n) is 6.43. The molecule has 36 heavy (non-hydrogen) atoms. The number of nitrogens with zero attached hydrogens (tertiary/aromatic N) is 2. The van der Waals surface area contributed by atoms with Crippen LogP contribution in [0, 0.1) is 6.92 Å². The first-order valence-electron chi connectivity index (χ1n) is 12.2. The Labute approximate surface area is 211 Å². The minimum absolute atomic E-state index is 0.000115. The van der Waals surface area contributed by atoms with Crippen LogP contribution in [-0.2, 0) is 32.6 Å². The Bertz CT molecular complexity index is 1360. The Hall–Kier alpha value is -3.01. The Morgan fingerprint density at radius 1 is 1.11 bits per heavy atom. The van der Waals surface area contributed by atoms with Crippen LogP contribution in [0.15, 0.2) is 64.0 Å².